The number of halogens is 1. The highest BCUT2D eigenvalue weighted by molar-refractivity contribution is 9.10. The van der Waals surface area contributed by atoms with E-state index in [4.69, 9.17) is 4.74 Å². The predicted molar refractivity (Wildman–Crippen MR) is 119 cm³/mol. The van der Waals surface area contributed by atoms with Crippen LogP contribution in [0.1, 0.15) is 26.6 Å². The van der Waals surface area contributed by atoms with E-state index in [9.17, 15) is 9.59 Å². The van der Waals surface area contributed by atoms with Crippen molar-refractivity contribution >= 4 is 38.7 Å². The number of hydrogen-bond donors (Lipinski definition) is 0. The summed E-state index contributed by atoms with van der Waals surface area (Å²) in [5, 5.41) is 0.920. The third-order valence-electron chi connectivity index (χ3n) is 4.32. The predicted octanol–water partition coefficient (Wildman–Crippen LogP) is 3.26. The van der Waals surface area contributed by atoms with Crippen LogP contribution in [0.15, 0.2) is 43.4 Å². The van der Waals surface area contributed by atoms with E-state index in [1.165, 1.54) is 23.4 Å². The first kappa shape index (κ1) is 21.6. The largest absolute Gasteiger partial charge is 0.493 e. The van der Waals surface area contributed by atoms with Crippen molar-refractivity contribution < 1.29 is 4.74 Å². The van der Waals surface area contributed by atoms with Crippen molar-refractivity contribution in [1.82, 2.24) is 19.1 Å². The van der Waals surface area contributed by atoms with E-state index in [0.29, 0.717) is 34.2 Å². The lowest BCUT2D eigenvalue weighted by molar-refractivity contribution is 0.343. The molecule has 0 amide bonds. The minimum Gasteiger partial charge on any atom is -0.493 e. The fourth-order valence-electron chi connectivity index (χ4n) is 2.72. The molecule has 0 atom stereocenters. The molecule has 7 nitrogen and oxygen atoms in total. The van der Waals surface area contributed by atoms with E-state index >= 15 is 0 Å². The molecule has 0 N–H and O–H groups in total. The molecule has 0 unspecified atom stereocenters. The van der Waals surface area contributed by atoms with Crippen molar-refractivity contribution in [2.45, 2.75) is 31.2 Å². The number of aromatic nitrogens is 4. The van der Waals surface area contributed by atoms with Crippen LogP contribution in [-0.2, 0) is 19.5 Å². The Morgan fingerprint density at radius 1 is 1.14 bits per heavy atom. The van der Waals surface area contributed by atoms with E-state index in [-0.39, 0.29) is 11.0 Å². The zero-order chi connectivity index (χ0) is 21.3. The lowest BCUT2D eigenvalue weighted by Gasteiger charge is -2.19. The lowest BCUT2D eigenvalue weighted by Crippen LogP contribution is -2.38. The molecule has 3 rings (SSSR count). The van der Waals surface area contributed by atoms with Crippen LogP contribution in [0.3, 0.4) is 0 Å². The second kappa shape index (κ2) is 8.31. The number of thioether (sulfide) groups is 1. The van der Waals surface area contributed by atoms with Gasteiger partial charge in [-0.2, -0.15) is 0 Å². The molecular formula is C20H23BrN4O3S. The number of nitrogens with zero attached hydrogens (tertiary/aromatic N) is 4. The van der Waals surface area contributed by atoms with Gasteiger partial charge in [0.05, 0.1) is 6.61 Å². The third kappa shape index (κ3) is 4.56. The Hall–Kier alpha value is -2.13. The lowest BCUT2D eigenvalue weighted by atomic mass is 9.96. The van der Waals surface area contributed by atoms with Gasteiger partial charge in [0.25, 0.3) is 5.56 Å². The van der Waals surface area contributed by atoms with Crippen LogP contribution in [0.25, 0.3) is 11.0 Å². The molecule has 0 radical (unpaired) electrons. The van der Waals surface area contributed by atoms with E-state index < -0.39 is 5.69 Å². The summed E-state index contributed by atoms with van der Waals surface area (Å²) in [5.74, 6) is 1.94. The smallest absolute Gasteiger partial charge is 0.332 e. The topological polar surface area (TPSA) is 79.0 Å². The molecule has 2 heterocycles. The van der Waals surface area contributed by atoms with Crippen molar-refractivity contribution in [3.8, 4) is 5.75 Å². The van der Waals surface area contributed by atoms with Crippen LogP contribution < -0.4 is 16.0 Å². The highest BCUT2D eigenvalue weighted by Gasteiger charge is 2.23. The Kier molecular flexibility index (Phi) is 6.19. The molecule has 2 aromatic heterocycles. The van der Waals surface area contributed by atoms with Crippen molar-refractivity contribution in [3.63, 3.8) is 0 Å². The van der Waals surface area contributed by atoms with Gasteiger partial charge >= 0.3 is 5.69 Å². The second-order valence-electron chi connectivity index (χ2n) is 7.66. The number of benzene rings is 1. The van der Waals surface area contributed by atoms with E-state index in [0.717, 1.165) is 14.8 Å². The summed E-state index contributed by atoms with van der Waals surface area (Å²) in [7, 11) is 3.08. The van der Waals surface area contributed by atoms with Crippen LogP contribution in [0.5, 0.6) is 5.75 Å². The van der Waals surface area contributed by atoms with Crippen LogP contribution >= 0.6 is 27.7 Å². The summed E-state index contributed by atoms with van der Waals surface area (Å²) in [6, 6.07) is 7.62. The van der Waals surface area contributed by atoms with Crippen molar-refractivity contribution in [2.24, 2.45) is 14.1 Å². The maximum Gasteiger partial charge on any atom is 0.332 e. The third-order valence-corrected chi connectivity index (χ3v) is 5.76. The Morgan fingerprint density at radius 3 is 2.52 bits per heavy atom. The van der Waals surface area contributed by atoms with Crippen LogP contribution in [0.4, 0.5) is 0 Å². The van der Waals surface area contributed by atoms with Gasteiger partial charge in [0.2, 0.25) is 0 Å². The maximum atomic E-state index is 12.8. The molecule has 0 aliphatic heterocycles. The summed E-state index contributed by atoms with van der Waals surface area (Å²) >= 11 is 4.85. The first-order valence-electron chi connectivity index (χ1n) is 9.09. The number of aryl methyl sites for hydroxylation is 1. The second-order valence-corrected chi connectivity index (χ2v) is 9.66. The molecule has 0 fully saturated rings. The van der Waals surface area contributed by atoms with Gasteiger partial charge in [0.1, 0.15) is 22.0 Å². The highest BCUT2D eigenvalue weighted by atomic mass is 79.9. The SMILES string of the molecule is Cn1c(=O)c2c(SCCOc3cccc(Br)c3)nc(C(C)(C)C)nc2n(C)c1=O. The van der Waals surface area contributed by atoms with E-state index in [2.05, 4.69) is 25.9 Å². The number of fused-ring (bicyclic) bond motifs is 1. The Morgan fingerprint density at radius 2 is 1.86 bits per heavy atom. The molecule has 1 aromatic carbocycles. The van der Waals surface area contributed by atoms with Gasteiger partial charge in [-0.05, 0) is 18.2 Å². The molecule has 154 valence electrons. The molecule has 3 aromatic rings. The first-order chi connectivity index (χ1) is 13.6. The molecule has 9 heteroatoms. The first-order valence-corrected chi connectivity index (χ1v) is 10.9. The summed E-state index contributed by atoms with van der Waals surface area (Å²) < 4.78 is 9.22. The molecule has 0 bridgehead atoms. The summed E-state index contributed by atoms with van der Waals surface area (Å²) in [6.45, 7) is 6.44. The number of rotatable bonds is 5. The van der Waals surface area contributed by atoms with Gasteiger partial charge in [0, 0.05) is 29.7 Å². The van der Waals surface area contributed by atoms with Crippen molar-refractivity contribution in [1.29, 1.82) is 0 Å². The summed E-state index contributed by atoms with van der Waals surface area (Å²) in [6.07, 6.45) is 0. The molecular weight excluding hydrogens is 456 g/mol. The minimum absolute atomic E-state index is 0.326. The molecule has 29 heavy (non-hydrogen) atoms. The average Bonchev–Trinajstić information content (AvgIpc) is 2.66. The fraction of sp³-hybridized carbons (Fsp3) is 0.400. The van der Waals surface area contributed by atoms with E-state index in [1.807, 2.05) is 45.0 Å². The van der Waals surface area contributed by atoms with Gasteiger partial charge in [-0.25, -0.2) is 14.8 Å². The number of ether oxygens (including phenoxy) is 1. The zero-order valence-corrected chi connectivity index (χ0v) is 19.4. The molecule has 0 spiro atoms. The standard InChI is InChI=1S/C20H23BrN4O3S/c1-20(2,3)18-22-15-14(17(26)25(5)19(27)24(15)4)16(23-18)29-10-9-28-13-8-6-7-12(21)11-13/h6-8,11H,9-10H2,1-5H3. The molecule has 0 saturated heterocycles. The zero-order valence-electron chi connectivity index (χ0n) is 17.0. The normalized spacial score (nSPS) is 11.8. The highest BCUT2D eigenvalue weighted by Crippen LogP contribution is 2.27. The number of hydrogen-bond acceptors (Lipinski definition) is 6. The van der Waals surface area contributed by atoms with Crippen molar-refractivity contribution in [2.75, 3.05) is 12.4 Å². The summed E-state index contributed by atoms with van der Waals surface area (Å²) in [5.41, 5.74) is -0.768. The Bertz CT molecular complexity index is 1180. The summed E-state index contributed by atoms with van der Waals surface area (Å²) in [4.78, 5) is 34.4. The van der Waals surface area contributed by atoms with E-state index in [1.54, 1.807) is 7.05 Å². The Labute approximate surface area is 181 Å². The minimum atomic E-state index is -0.407. The van der Waals surface area contributed by atoms with Gasteiger partial charge in [0.15, 0.2) is 5.65 Å². The molecule has 0 aliphatic rings. The fourth-order valence-corrected chi connectivity index (χ4v) is 3.94. The van der Waals surface area contributed by atoms with Crippen LogP contribution in [0, 0.1) is 0 Å². The van der Waals surface area contributed by atoms with Gasteiger partial charge in [-0.1, -0.05) is 42.8 Å². The maximum absolute atomic E-state index is 12.8. The quantitative estimate of drug-likeness (QED) is 0.318. The average molecular weight is 479 g/mol. The van der Waals surface area contributed by atoms with Gasteiger partial charge < -0.3 is 4.74 Å². The van der Waals surface area contributed by atoms with Crippen LogP contribution in [0.2, 0.25) is 0 Å². The molecule has 0 aliphatic carbocycles. The van der Waals surface area contributed by atoms with Crippen molar-refractivity contribution in [3.05, 3.63) is 55.4 Å². The van der Waals surface area contributed by atoms with Crippen LogP contribution in [-0.4, -0.2) is 31.5 Å². The Balaban J connectivity index is 1.97. The van der Waals surface area contributed by atoms with Gasteiger partial charge in [-0.3, -0.25) is 13.9 Å². The monoisotopic (exact) mass is 478 g/mol. The van der Waals surface area contributed by atoms with Gasteiger partial charge in [-0.15, -0.1) is 11.8 Å². The molecule has 0 saturated carbocycles.